The normalized spacial score (nSPS) is 36.2. The summed E-state index contributed by atoms with van der Waals surface area (Å²) in [5, 5.41) is 0. The second-order valence-electron chi connectivity index (χ2n) is 4.17. The third-order valence-corrected chi connectivity index (χ3v) is 3.40. The fraction of sp³-hybridized carbons (Fsp3) is 1.00. The third kappa shape index (κ3) is 1.85. The van der Waals surface area contributed by atoms with Gasteiger partial charge in [0, 0.05) is 13.6 Å². The van der Waals surface area contributed by atoms with E-state index >= 15 is 0 Å². The van der Waals surface area contributed by atoms with Gasteiger partial charge in [-0.3, -0.25) is 0 Å². The van der Waals surface area contributed by atoms with Gasteiger partial charge in [0.15, 0.2) is 0 Å². The van der Waals surface area contributed by atoms with Crippen LogP contribution in [0.15, 0.2) is 0 Å². The Bertz CT molecular complexity index is 183. The molecule has 5 heteroatoms. The van der Waals surface area contributed by atoms with Crippen molar-refractivity contribution in [2.45, 2.75) is 38.6 Å². The van der Waals surface area contributed by atoms with E-state index in [1.165, 1.54) is 7.05 Å². The number of rotatable bonds is 2. The first kappa shape index (κ1) is 10.9. The van der Waals surface area contributed by atoms with Gasteiger partial charge in [-0.2, -0.15) is 0 Å². The molecule has 1 heterocycles. The summed E-state index contributed by atoms with van der Waals surface area (Å²) in [7, 11) is -3.38. The van der Waals surface area contributed by atoms with Crippen LogP contribution >= 0.6 is 0 Å². The molecule has 13 heavy (non-hydrogen) atoms. The molecule has 2 unspecified atom stereocenters. The molecule has 1 saturated heterocycles. The molecule has 78 valence electrons. The molecule has 0 spiro atoms. The van der Waals surface area contributed by atoms with Crippen molar-refractivity contribution in [3.05, 3.63) is 0 Å². The van der Waals surface area contributed by atoms with Gasteiger partial charge in [-0.25, -0.2) is 0 Å². The van der Waals surface area contributed by atoms with Crippen molar-refractivity contribution in [1.82, 2.24) is 0 Å². The van der Waals surface area contributed by atoms with Gasteiger partial charge in [-0.1, -0.05) is 6.92 Å². The van der Waals surface area contributed by atoms with Gasteiger partial charge in [0.05, 0.1) is 6.04 Å². The maximum Gasteiger partial charge on any atom is 0.733 e. The van der Waals surface area contributed by atoms with Crippen LogP contribution in [-0.2, 0) is 0 Å². The van der Waals surface area contributed by atoms with Crippen LogP contribution in [0.25, 0.3) is 0 Å². The highest BCUT2D eigenvalue weighted by molar-refractivity contribution is 6.50. The van der Waals surface area contributed by atoms with E-state index in [2.05, 4.69) is 0 Å². The molecule has 0 radical (unpaired) electrons. The van der Waals surface area contributed by atoms with Crippen molar-refractivity contribution < 1.29 is 17.3 Å². The van der Waals surface area contributed by atoms with Gasteiger partial charge < -0.3 is 17.3 Å². The Balaban J connectivity index is 2.83. The lowest BCUT2D eigenvalue weighted by molar-refractivity contribution is -0.862. The maximum atomic E-state index is 12.8. The van der Waals surface area contributed by atoms with Crippen LogP contribution in [-0.4, -0.2) is 31.1 Å². The molecule has 0 amide bonds. The Kier molecular flexibility index (Phi) is 2.95. The maximum absolute atomic E-state index is 12.8. The minimum absolute atomic E-state index is 0.200. The van der Waals surface area contributed by atoms with Gasteiger partial charge in [-0.05, 0) is 25.7 Å². The predicted molar refractivity (Wildman–Crippen MR) is 48.1 cm³/mol. The van der Waals surface area contributed by atoms with Crippen molar-refractivity contribution in [2.75, 3.05) is 13.6 Å². The quantitative estimate of drug-likeness (QED) is 0.594. The molecule has 0 aromatic heterocycles. The molecule has 1 nitrogen and oxygen atoms in total. The van der Waals surface area contributed by atoms with E-state index in [1.54, 1.807) is 0 Å². The van der Waals surface area contributed by atoms with Gasteiger partial charge in [0.2, 0.25) is 0 Å². The highest BCUT2D eigenvalue weighted by atomic mass is 19.4. The first-order chi connectivity index (χ1) is 5.92. The van der Waals surface area contributed by atoms with Gasteiger partial charge >= 0.3 is 7.11 Å². The first-order valence-corrected chi connectivity index (χ1v) is 4.96. The van der Waals surface area contributed by atoms with Gasteiger partial charge in [0.25, 0.3) is 0 Å². The van der Waals surface area contributed by atoms with Crippen LogP contribution in [0.5, 0.6) is 0 Å². The van der Waals surface area contributed by atoms with Crippen molar-refractivity contribution >= 4 is 7.11 Å². The van der Waals surface area contributed by atoms with Crippen LogP contribution in [0.4, 0.5) is 12.9 Å². The SMILES string of the molecule is CCC1CCCC[N+]1(C)[B-](F)(F)F. The van der Waals surface area contributed by atoms with Crippen LogP contribution in [0.3, 0.4) is 0 Å². The Labute approximate surface area is 77.6 Å². The van der Waals surface area contributed by atoms with Gasteiger partial charge in [-0.15, -0.1) is 0 Å². The smallest absolute Gasteiger partial charge is 0.423 e. The summed E-state index contributed by atoms with van der Waals surface area (Å²) in [6, 6.07) is -0.200. The van der Waals surface area contributed by atoms with E-state index in [1.807, 2.05) is 6.92 Å². The number of hydrogen-bond acceptors (Lipinski definition) is 0. The lowest BCUT2D eigenvalue weighted by Crippen LogP contribution is -2.66. The average Bonchev–Trinajstić information content (AvgIpc) is 2.03. The lowest BCUT2D eigenvalue weighted by atomic mass is 9.86. The largest absolute Gasteiger partial charge is 0.733 e. The Morgan fingerprint density at radius 3 is 2.31 bits per heavy atom. The van der Waals surface area contributed by atoms with E-state index in [9.17, 15) is 12.9 Å². The molecule has 0 aromatic carbocycles. The van der Waals surface area contributed by atoms with E-state index in [4.69, 9.17) is 0 Å². The zero-order valence-electron chi connectivity index (χ0n) is 8.27. The molecular formula is C8H17BF3N. The highest BCUT2D eigenvalue weighted by Crippen LogP contribution is 2.34. The van der Waals surface area contributed by atoms with Crippen LogP contribution < -0.4 is 0 Å². The molecule has 2 atom stereocenters. The molecule has 0 bridgehead atoms. The van der Waals surface area contributed by atoms with Crippen LogP contribution in [0, 0.1) is 0 Å². The molecule has 0 N–H and O–H groups in total. The number of piperidine rings is 1. The first-order valence-electron chi connectivity index (χ1n) is 4.96. The monoisotopic (exact) mass is 195 g/mol. The third-order valence-electron chi connectivity index (χ3n) is 3.40. The summed E-state index contributed by atoms with van der Waals surface area (Å²) in [4.78, 5) is 0. The summed E-state index contributed by atoms with van der Waals surface area (Å²) < 4.78 is 37.7. The number of halogens is 3. The Hall–Kier alpha value is -0.185. The topological polar surface area (TPSA) is 0 Å². The van der Waals surface area contributed by atoms with E-state index in [0.29, 0.717) is 12.8 Å². The van der Waals surface area contributed by atoms with E-state index in [-0.39, 0.29) is 12.6 Å². The molecule has 0 aromatic rings. The standard InChI is InChI=1S/C8H17BF3N/c1-3-8-6-4-5-7-13(8,2)9(10,11)12/h8H,3-7H2,1-2H3. The predicted octanol–water partition coefficient (Wildman–Crippen LogP) is 2.74. The zero-order chi connectivity index (χ0) is 10.1. The highest BCUT2D eigenvalue weighted by Gasteiger charge is 2.53. The van der Waals surface area contributed by atoms with E-state index < -0.39 is 11.5 Å². The zero-order valence-corrected chi connectivity index (χ0v) is 8.27. The van der Waals surface area contributed by atoms with Crippen molar-refractivity contribution in [3.63, 3.8) is 0 Å². The number of nitrogens with zero attached hydrogens (tertiary/aromatic N) is 1. The fourth-order valence-corrected chi connectivity index (χ4v) is 2.32. The second kappa shape index (κ2) is 3.52. The summed E-state index contributed by atoms with van der Waals surface area (Å²) in [5.74, 6) is 0. The summed E-state index contributed by atoms with van der Waals surface area (Å²) in [6.07, 6.45) is 3.04. The van der Waals surface area contributed by atoms with Crippen molar-refractivity contribution in [1.29, 1.82) is 0 Å². The van der Waals surface area contributed by atoms with E-state index in [0.717, 1.165) is 12.8 Å². The number of quaternary nitrogens is 1. The molecule has 1 aliphatic heterocycles. The number of hydrogen-bond donors (Lipinski definition) is 0. The second-order valence-corrected chi connectivity index (χ2v) is 4.17. The fourth-order valence-electron chi connectivity index (χ4n) is 2.32. The summed E-state index contributed by atoms with van der Waals surface area (Å²) in [5.41, 5.74) is 0. The molecule has 0 aliphatic carbocycles. The summed E-state index contributed by atoms with van der Waals surface area (Å²) >= 11 is 0. The minimum atomic E-state index is -4.73. The average molecular weight is 195 g/mol. The summed E-state index contributed by atoms with van der Waals surface area (Å²) in [6.45, 7) is 2.14. The molecule has 0 saturated carbocycles. The van der Waals surface area contributed by atoms with Crippen LogP contribution in [0.1, 0.15) is 32.6 Å². The lowest BCUT2D eigenvalue weighted by Gasteiger charge is -2.52. The molecule has 1 fully saturated rings. The Morgan fingerprint density at radius 2 is 1.92 bits per heavy atom. The minimum Gasteiger partial charge on any atom is -0.423 e. The number of likely N-dealkylation sites (tertiary alicyclic amines) is 1. The van der Waals surface area contributed by atoms with Gasteiger partial charge in [0.1, 0.15) is 0 Å². The Morgan fingerprint density at radius 1 is 1.31 bits per heavy atom. The van der Waals surface area contributed by atoms with Crippen molar-refractivity contribution in [2.24, 2.45) is 0 Å². The molecular weight excluding hydrogens is 178 g/mol. The van der Waals surface area contributed by atoms with Crippen molar-refractivity contribution in [3.8, 4) is 0 Å². The molecule has 1 rings (SSSR count). The molecule has 1 aliphatic rings. The van der Waals surface area contributed by atoms with Crippen LogP contribution in [0.2, 0.25) is 0 Å².